The monoisotopic (exact) mass is 510 g/mol. The molecule has 4 fully saturated rings. The van der Waals surface area contributed by atoms with Crippen LogP contribution in [-0.2, 0) is 4.74 Å². The first-order valence-electron chi connectivity index (χ1n) is 17.2. The molecule has 0 unspecified atom stereocenters. The predicted molar refractivity (Wildman–Crippen MR) is 161 cm³/mol. The van der Waals surface area contributed by atoms with Crippen molar-refractivity contribution in [1.82, 2.24) is 0 Å². The highest BCUT2D eigenvalue weighted by Crippen LogP contribution is 2.43. The summed E-state index contributed by atoms with van der Waals surface area (Å²) in [5, 5.41) is 0. The fraction of sp³-hybridized carbons (Fsp3) is 0.889. The van der Waals surface area contributed by atoms with Crippen LogP contribution < -0.4 is 0 Å². The summed E-state index contributed by atoms with van der Waals surface area (Å²) < 4.78 is 5.93. The molecule has 0 aromatic carbocycles. The van der Waals surface area contributed by atoms with Crippen LogP contribution in [0.25, 0.3) is 0 Å². The predicted octanol–water partition coefficient (Wildman–Crippen LogP) is 10.9. The van der Waals surface area contributed by atoms with Crippen LogP contribution in [0.15, 0.2) is 24.3 Å². The molecule has 212 valence electrons. The van der Waals surface area contributed by atoms with Crippen molar-refractivity contribution < 1.29 is 4.74 Å². The first kappa shape index (κ1) is 29.4. The van der Waals surface area contributed by atoms with Gasteiger partial charge in [0.25, 0.3) is 0 Å². The van der Waals surface area contributed by atoms with E-state index in [0.717, 1.165) is 60.6 Å². The summed E-state index contributed by atoms with van der Waals surface area (Å²) in [6, 6.07) is 0. The Morgan fingerprint density at radius 3 is 1.11 bits per heavy atom. The van der Waals surface area contributed by atoms with Gasteiger partial charge in [-0.2, -0.15) is 0 Å². The van der Waals surface area contributed by atoms with E-state index in [2.05, 4.69) is 38.2 Å². The van der Waals surface area contributed by atoms with Crippen LogP contribution in [0.4, 0.5) is 0 Å². The summed E-state index contributed by atoms with van der Waals surface area (Å²) in [6.07, 6.45) is 39.1. The van der Waals surface area contributed by atoms with Crippen molar-refractivity contribution in [3.05, 3.63) is 24.3 Å². The molecule has 0 spiro atoms. The lowest BCUT2D eigenvalue weighted by molar-refractivity contribution is 0.151. The molecule has 0 atom stereocenters. The van der Waals surface area contributed by atoms with E-state index < -0.39 is 0 Å². The molecule has 0 aromatic heterocycles. The first-order valence-corrected chi connectivity index (χ1v) is 17.2. The average Bonchev–Trinajstić information content (AvgIpc) is 2.94. The fourth-order valence-electron chi connectivity index (χ4n) is 9.03. The molecule has 1 nitrogen and oxygen atoms in total. The van der Waals surface area contributed by atoms with Crippen molar-refractivity contribution in [3.63, 3.8) is 0 Å². The zero-order chi connectivity index (χ0) is 25.7. The Hall–Kier alpha value is -0.560. The summed E-state index contributed by atoms with van der Waals surface area (Å²) >= 11 is 0. The molecule has 4 aliphatic carbocycles. The smallest absolute Gasteiger partial charge is 0.0651 e. The van der Waals surface area contributed by atoms with Gasteiger partial charge in [0, 0.05) is 0 Å². The van der Waals surface area contributed by atoms with Crippen molar-refractivity contribution in [1.29, 1.82) is 0 Å². The quantitative estimate of drug-likeness (QED) is 0.187. The lowest BCUT2D eigenvalue weighted by Gasteiger charge is -2.37. The van der Waals surface area contributed by atoms with Crippen LogP contribution >= 0.6 is 0 Å². The minimum Gasteiger partial charge on any atom is -0.373 e. The molecule has 0 saturated heterocycles. The third-order valence-corrected chi connectivity index (χ3v) is 11.4. The van der Waals surface area contributed by atoms with Crippen LogP contribution in [0.3, 0.4) is 0 Å². The lowest BCUT2D eigenvalue weighted by atomic mass is 9.69. The second kappa shape index (κ2) is 16.5. The zero-order valence-corrected chi connectivity index (χ0v) is 24.9. The Labute approximate surface area is 231 Å². The van der Waals surface area contributed by atoms with Gasteiger partial charge >= 0.3 is 0 Å². The molecule has 0 radical (unpaired) electrons. The van der Waals surface area contributed by atoms with Crippen molar-refractivity contribution in [3.8, 4) is 0 Å². The Kier molecular flexibility index (Phi) is 13.1. The molecule has 4 aliphatic rings. The van der Waals surface area contributed by atoms with E-state index in [4.69, 9.17) is 4.74 Å². The number of ether oxygens (including phenoxy) is 1. The van der Waals surface area contributed by atoms with Gasteiger partial charge in [0.2, 0.25) is 0 Å². The van der Waals surface area contributed by atoms with Gasteiger partial charge in [-0.25, -0.2) is 0 Å². The van der Waals surface area contributed by atoms with E-state index in [1.807, 2.05) is 0 Å². The minimum atomic E-state index is 0.791. The standard InChI is InChI=1S/C36H62O/c1-3-7-29-11-19-33(20-12-29)35-23-15-31(16-24-35)9-5-27-37-28-6-10-32-17-25-36(26-18-32)34-21-13-30(8-4-2)14-22-34/h5-6,9-10,29-36H,3-4,7-8,11-28H2,1-2H3/b9-5+,10-6+/t29-,30-,31?,32?,33-,34-,35?,36?. The summed E-state index contributed by atoms with van der Waals surface area (Å²) in [7, 11) is 0. The highest BCUT2D eigenvalue weighted by atomic mass is 16.5. The third-order valence-electron chi connectivity index (χ3n) is 11.4. The largest absolute Gasteiger partial charge is 0.373 e. The second-order valence-corrected chi connectivity index (χ2v) is 13.9. The SMILES string of the molecule is CCC[C@H]1CC[C@H](C2CCC(/C=C/COC/C=C/C3CCC([C@H]4CC[C@H](CCC)CC4)CC3)CC2)CC1. The van der Waals surface area contributed by atoms with Crippen molar-refractivity contribution in [2.24, 2.45) is 47.3 Å². The maximum absolute atomic E-state index is 5.93. The summed E-state index contributed by atoms with van der Waals surface area (Å²) in [5.74, 6) is 7.88. The first-order chi connectivity index (χ1) is 18.2. The highest BCUT2D eigenvalue weighted by Gasteiger charge is 2.31. The maximum Gasteiger partial charge on any atom is 0.0651 e. The van der Waals surface area contributed by atoms with Gasteiger partial charge in [0.05, 0.1) is 13.2 Å². The maximum atomic E-state index is 5.93. The summed E-state index contributed by atoms with van der Waals surface area (Å²) in [4.78, 5) is 0. The molecule has 1 heteroatoms. The van der Waals surface area contributed by atoms with Crippen LogP contribution in [0, 0.1) is 47.3 Å². The topological polar surface area (TPSA) is 9.23 Å². The molecule has 37 heavy (non-hydrogen) atoms. The highest BCUT2D eigenvalue weighted by molar-refractivity contribution is 4.95. The van der Waals surface area contributed by atoms with Crippen LogP contribution in [0.1, 0.15) is 142 Å². The van der Waals surface area contributed by atoms with Crippen molar-refractivity contribution in [2.45, 2.75) is 142 Å². The van der Waals surface area contributed by atoms with Gasteiger partial charge in [0.1, 0.15) is 0 Å². The third kappa shape index (κ3) is 9.85. The number of hydrogen-bond acceptors (Lipinski definition) is 1. The molecule has 4 saturated carbocycles. The molecular formula is C36H62O. The van der Waals surface area contributed by atoms with Gasteiger partial charge in [-0.3, -0.25) is 0 Å². The van der Waals surface area contributed by atoms with E-state index in [-0.39, 0.29) is 0 Å². The zero-order valence-electron chi connectivity index (χ0n) is 24.9. The lowest BCUT2D eigenvalue weighted by Crippen LogP contribution is -2.25. The van der Waals surface area contributed by atoms with Gasteiger partial charge in [-0.15, -0.1) is 0 Å². The molecule has 4 rings (SSSR count). The van der Waals surface area contributed by atoms with E-state index in [1.165, 1.54) is 128 Å². The van der Waals surface area contributed by atoms with Crippen LogP contribution in [0.2, 0.25) is 0 Å². The van der Waals surface area contributed by atoms with E-state index in [1.54, 1.807) is 0 Å². The molecule has 0 heterocycles. The normalized spacial score (nSPS) is 37.9. The molecule has 0 N–H and O–H groups in total. The Morgan fingerprint density at radius 1 is 0.459 bits per heavy atom. The minimum absolute atomic E-state index is 0.791. The molecular weight excluding hydrogens is 448 g/mol. The Morgan fingerprint density at radius 2 is 0.784 bits per heavy atom. The number of allylic oxidation sites excluding steroid dienone is 2. The summed E-state index contributed by atoms with van der Waals surface area (Å²) in [6.45, 7) is 6.29. The summed E-state index contributed by atoms with van der Waals surface area (Å²) in [5.41, 5.74) is 0. The molecule has 0 bridgehead atoms. The van der Waals surface area contributed by atoms with Gasteiger partial charge in [-0.1, -0.05) is 89.5 Å². The molecule has 0 amide bonds. The number of rotatable bonds is 12. The molecule has 0 aromatic rings. The fourth-order valence-corrected chi connectivity index (χ4v) is 9.03. The van der Waals surface area contributed by atoms with E-state index in [9.17, 15) is 0 Å². The van der Waals surface area contributed by atoms with E-state index >= 15 is 0 Å². The van der Waals surface area contributed by atoms with Crippen molar-refractivity contribution >= 4 is 0 Å². The van der Waals surface area contributed by atoms with Crippen LogP contribution in [0.5, 0.6) is 0 Å². The molecule has 0 aliphatic heterocycles. The van der Waals surface area contributed by atoms with Gasteiger partial charge < -0.3 is 4.74 Å². The van der Waals surface area contributed by atoms with Crippen LogP contribution in [-0.4, -0.2) is 13.2 Å². The average molecular weight is 511 g/mol. The second-order valence-electron chi connectivity index (χ2n) is 13.9. The van der Waals surface area contributed by atoms with Gasteiger partial charge in [-0.05, 0) is 124 Å². The van der Waals surface area contributed by atoms with Crippen molar-refractivity contribution in [2.75, 3.05) is 13.2 Å². The van der Waals surface area contributed by atoms with Gasteiger partial charge in [0.15, 0.2) is 0 Å². The number of hydrogen-bond donors (Lipinski definition) is 0. The van der Waals surface area contributed by atoms with E-state index in [0.29, 0.717) is 0 Å². The Bertz CT molecular complexity index is 576. The Balaban J connectivity index is 1.01.